The molecule has 4 aromatic rings. The van der Waals surface area contributed by atoms with Crippen molar-refractivity contribution in [3.05, 3.63) is 144 Å². The number of aryl methyl sites for hydroxylation is 2. The number of carbonyl (C=O) groups excluding carboxylic acids is 3. The fourth-order valence-electron chi connectivity index (χ4n) is 7.33. The van der Waals surface area contributed by atoms with Crippen molar-refractivity contribution in [2.75, 3.05) is 23.7 Å². The zero-order valence-corrected chi connectivity index (χ0v) is 32.8. The molecule has 0 bridgehead atoms. The van der Waals surface area contributed by atoms with Gasteiger partial charge in [0.2, 0.25) is 0 Å². The van der Waals surface area contributed by atoms with Crippen molar-refractivity contribution in [3.63, 3.8) is 0 Å². The average Bonchev–Trinajstić information content (AvgIpc) is 3.62. The van der Waals surface area contributed by atoms with Gasteiger partial charge in [-0.05, 0) is 62.1 Å². The molecule has 2 aliphatic heterocycles. The summed E-state index contributed by atoms with van der Waals surface area (Å²) in [7, 11) is 0. The Balaban J connectivity index is 1.52. The van der Waals surface area contributed by atoms with Crippen LogP contribution in [0, 0.1) is 13.8 Å². The maximum absolute atomic E-state index is 15.0. The number of aliphatic hydroxyl groups is 1. The summed E-state index contributed by atoms with van der Waals surface area (Å²) in [4.78, 5) is 47.9. The summed E-state index contributed by atoms with van der Waals surface area (Å²) in [6, 6.07) is 30.1. The van der Waals surface area contributed by atoms with Gasteiger partial charge in [0.1, 0.15) is 12.1 Å². The van der Waals surface area contributed by atoms with Crippen molar-refractivity contribution < 1.29 is 19.5 Å². The van der Waals surface area contributed by atoms with Crippen molar-refractivity contribution >= 4 is 41.5 Å². The Labute approximate surface area is 330 Å². The molecule has 56 heavy (non-hydrogen) atoms. The maximum Gasteiger partial charge on any atom is 0.331 e. The Morgan fingerprint density at radius 3 is 1.70 bits per heavy atom. The number of rotatable bonds is 17. The molecule has 2 fully saturated rings. The van der Waals surface area contributed by atoms with E-state index in [-0.39, 0.29) is 13.1 Å². The molecule has 2 aliphatic rings. The van der Waals surface area contributed by atoms with E-state index < -0.39 is 48.0 Å². The number of hydrogen-bond donors (Lipinski definition) is 4. The summed E-state index contributed by atoms with van der Waals surface area (Å²) >= 11 is 0. The summed E-state index contributed by atoms with van der Waals surface area (Å²) in [5.74, 6) is -2.74. The number of urea groups is 2. The average molecular weight is 755 g/mol. The van der Waals surface area contributed by atoms with E-state index in [2.05, 4.69) is 16.0 Å². The zero-order chi connectivity index (χ0) is 39.7. The summed E-state index contributed by atoms with van der Waals surface area (Å²) in [5.41, 5.74) is 5.47. The topological polar surface area (TPSA) is 117 Å². The van der Waals surface area contributed by atoms with Gasteiger partial charge >= 0.3 is 12.1 Å². The van der Waals surface area contributed by atoms with Gasteiger partial charge in [0.15, 0.2) is 0 Å². The summed E-state index contributed by atoms with van der Waals surface area (Å²) in [6.07, 6.45) is 10.3. The highest BCUT2D eigenvalue weighted by Crippen LogP contribution is 2.39. The van der Waals surface area contributed by atoms with Crippen molar-refractivity contribution in [3.8, 4) is 0 Å². The third kappa shape index (κ3) is 8.81. The normalized spacial score (nSPS) is 20.9. The second-order valence-corrected chi connectivity index (χ2v) is 14.7. The van der Waals surface area contributed by atoms with Gasteiger partial charge in [-0.15, -0.1) is 0 Å². The molecule has 0 saturated carbocycles. The van der Waals surface area contributed by atoms with Gasteiger partial charge in [0.25, 0.3) is 11.8 Å². The Kier molecular flexibility index (Phi) is 12.9. The highest BCUT2D eigenvalue weighted by Gasteiger charge is 2.66. The van der Waals surface area contributed by atoms with Crippen molar-refractivity contribution in [2.45, 2.75) is 83.4 Å². The van der Waals surface area contributed by atoms with Crippen LogP contribution in [0.1, 0.15) is 61.8 Å². The SMILES string of the molecule is CCCCN1C(=O)[C@@H]([C@@H](/C=C/c2ccccc2)Nc2ccc(C)cc2)N(C2(O)[C@H]([C@@H](/C=C/c3ccccc3)Nc3ccc(C)cc3)NC(=O)N2CCCC)C1=O. The minimum atomic E-state index is -2.29. The van der Waals surface area contributed by atoms with Crippen LogP contribution in [-0.4, -0.2) is 80.9 Å². The van der Waals surface area contributed by atoms with Gasteiger partial charge in [-0.2, -0.15) is 0 Å². The van der Waals surface area contributed by atoms with E-state index in [1.54, 1.807) is 0 Å². The quantitative estimate of drug-likeness (QED) is 0.0807. The molecule has 10 nitrogen and oxygen atoms in total. The molecule has 0 radical (unpaired) electrons. The van der Waals surface area contributed by atoms with Gasteiger partial charge in [-0.1, -0.05) is 147 Å². The van der Waals surface area contributed by atoms with Crippen LogP contribution in [0.4, 0.5) is 21.0 Å². The van der Waals surface area contributed by atoms with Crippen molar-refractivity contribution in [1.82, 2.24) is 20.0 Å². The molecule has 0 aromatic heterocycles. The first-order valence-corrected chi connectivity index (χ1v) is 19.7. The molecule has 0 spiro atoms. The Morgan fingerprint density at radius 2 is 1.18 bits per heavy atom. The third-order valence-corrected chi connectivity index (χ3v) is 10.5. The lowest BCUT2D eigenvalue weighted by Gasteiger charge is -2.46. The first-order chi connectivity index (χ1) is 27.1. The first-order valence-electron chi connectivity index (χ1n) is 19.7. The number of imide groups is 1. The van der Waals surface area contributed by atoms with Gasteiger partial charge in [-0.3, -0.25) is 19.5 Å². The van der Waals surface area contributed by atoms with Crippen LogP contribution in [0.25, 0.3) is 12.2 Å². The fourth-order valence-corrected chi connectivity index (χ4v) is 7.33. The molecule has 5 amide bonds. The van der Waals surface area contributed by atoms with Gasteiger partial charge < -0.3 is 21.1 Å². The lowest BCUT2D eigenvalue weighted by Crippen LogP contribution is -2.71. The predicted octanol–water partition coefficient (Wildman–Crippen LogP) is 8.26. The second-order valence-electron chi connectivity index (χ2n) is 14.7. The Bertz CT molecular complexity index is 1990. The van der Waals surface area contributed by atoms with E-state index in [4.69, 9.17) is 0 Å². The highest BCUT2D eigenvalue weighted by molar-refractivity contribution is 6.06. The summed E-state index contributed by atoms with van der Waals surface area (Å²) in [6.45, 7) is 8.35. The lowest BCUT2D eigenvalue weighted by atomic mass is 9.96. The number of benzene rings is 4. The number of nitrogens with zero attached hydrogens (tertiary/aromatic N) is 3. The monoisotopic (exact) mass is 754 g/mol. The standard InChI is InChI=1S/C46H54N6O4/c1-5-7-31-50-43(53)41(39(29-23-35-15-11-9-12-16-35)47-37-25-19-33(3)20-26-37)52(45(50)55)46(56)42(49-44(54)51(46)32-8-6-2)40(30-24-36-17-13-10-14-18-36)48-38-27-21-34(4)22-28-38/h9-30,39-42,47-48,56H,5-8,31-32H2,1-4H3,(H,49,54)/b29-23+,30-24+/t39-,40-,41-,42+,46?/m1/s1. The highest BCUT2D eigenvalue weighted by atomic mass is 16.4. The van der Waals surface area contributed by atoms with Crippen LogP contribution in [0.3, 0.4) is 0 Å². The molecule has 292 valence electrons. The molecule has 5 atom stereocenters. The van der Waals surface area contributed by atoms with Gasteiger partial charge in [0.05, 0.1) is 12.1 Å². The van der Waals surface area contributed by atoms with Crippen LogP contribution >= 0.6 is 0 Å². The molecule has 6 rings (SSSR count). The molecule has 4 N–H and O–H groups in total. The van der Waals surface area contributed by atoms with Crippen LogP contribution < -0.4 is 16.0 Å². The van der Waals surface area contributed by atoms with Crippen LogP contribution in [0.2, 0.25) is 0 Å². The largest absolute Gasteiger partial charge is 0.376 e. The number of anilines is 2. The Hall–Kier alpha value is -5.87. The number of hydrogen-bond acceptors (Lipinski definition) is 6. The number of unbranched alkanes of at least 4 members (excludes halogenated alkanes) is 2. The molecule has 0 aliphatic carbocycles. The minimum absolute atomic E-state index is 0.157. The van der Waals surface area contributed by atoms with Gasteiger partial charge in [-0.25, -0.2) is 9.59 Å². The van der Waals surface area contributed by atoms with Crippen LogP contribution in [0.5, 0.6) is 0 Å². The summed E-state index contributed by atoms with van der Waals surface area (Å²) < 4.78 is 0. The smallest absolute Gasteiger partial charge is 0.331 e. The third-order valence-electron chi connectivity index (χ3n) is 10.5. The van der Waals surface area contributed by atoms with E-state index in [0.717, 1.165) is 46.5 Å². The lowest BCUT2D eigenvalue weighted by molar-refractivity contribution is -0.182. The first kappa shape index (κ1) is 39.8. The minimum Gasteiger partial charge on any atom is -0.376 e. The maximum atomic E-state index is 15.0. The summed E-state index contributed by atoms with van der Waals surface area (Å²) in [5, 5.41) is 23.7. The molecular weight excluding hydrogens is 701 g/mol. The molecule has 4 aromatic carbocycles. The second kappa shape index (κ2) is 18.2. The van der Waals surface area contributed by atoms with E-state index >= 15 is 0 Å². The van der Waals surface area contributed by atoms with E-state index in [9.17, 15) is 19.5 Å². The van der Waals surface area contributed by atoms with E-state index in [1.165, 1.54) is 14.7 Å². The molecule has 2 saturated heterocycles. The van der Waals surface area contributed by atoms with Gasteiger partial charge in [0, 0.05) is 24.5 Å². The predicted molar refractivity (Wildman–Crippen MR) is 225 cm³/mol. The molecule has 1 unspecified atom stereocenters. The fraction of sp³-hybridized carbons (Fsp3) is 0.326. The Morgan fingerprint density at radius 1 is 0.696 bits per heavy atom. The van der Waals surface area contributed by atoms with Crippen molar-refractivity contribution in [2.24, 2.45) is 0 Å². The zero-order valence-electron chi connectivity index (χ0n) is 32.8. The molecule has 10 heteroatoms. The van der Waals surface area contributed by atoms with Crippen LogP contribution in [-0.2, 0) is 4.79 Å². The molecular formula is C46H54N6O4. The van der Waals surface area contributed by atoms with E-state index in [1.807, 2.05) is 161 Å². The van der Waals surface area contributed by atoms with Crippen molar-refractivity contribution in [1.29, 1.82) is 0 Å². The number of carbonyl (C=O) groups is 3. The number of nitrogens with one attached hydrogen (secondary N) is 3. The van der Waals surface area contributed by atoms with Crippen LogP contribution in [0.15, 0.2) is 121 Å². The number of amides is 5. The van der Waals surface area contributed by atoms with E-state index in [0.29, 0.717) is 12.8 Å². The molecule has 2 heterocycles.